The number of nitrogens with two attached hydrogens (primary N) is 1. The fraction of sp³-hybridized carbons (Fsp3) is 0.182. The summed E-state index contributed by atoms with van der Waals surface area (Å²) >= 11 is 8.16. The van der Waals surface area contributed by atoms with E-state index in [-0.39, 0.29) is 16.7 Å². The Morgan fingerprint density at radius 3 is 2.68 bits per heavy atom. The van der Waals surface area contributed by atoms with E-state index in [0.29, 0.717) is 21.2 Å². The van der Waals surface area contributed by atoms with E-state index in [0.717, 1.165) is 16.7 Å². The molecule has 3 aromatic rings. The van der Waals surface area contributed by atoms with Crippen LogP contribution in [0.2, 0.25) is 0 Å². The predicted molar refractivity (Wildman–Crippen MR) is 127 cm³/mol. The highest BCUT2D eigenvalue weighted by Gasteiger charge is 2.33. The molecular weight excluding hydrogens is 480 g/mol. The molecule has 1 aromatic heterocycles. The molecule has 9 heteroatoms. The number of rotatable bonds is 3. The van der Waals surface area contributed by atoms with Crippen molar-refractivity contribution in [1.29, 1.82) is 0 Å². The maximum absolute atomic E-state index is 12.7. The Morgan fingerprint density at radius 2 is 2.00 bits per heavy atom. The van der Waals surface area contributed by atoms with Crippen molar-refractivity contribution in [3.63, 3.8) is 0 Å². The summed E-state index contributed by atoms with van der Waals surface area (Å²) in [5.41, 5.74) is 8.13. The maximum atomic E-state index is 12.7. The maximum Gasteiger partial charge on any atom is 0.344 e. The minimum Gasteiger partial charge on any atom is -0.493 e. The Kier molecular flexibility index (Phi) is 5.18. The zero-order valence-corrected chi connectivity index (χ0v) is 19.4. The van der Waals surface area contributed by atoms with Crippen LogP contribution in [0.3, 0.4) is 0 Å². The van der Waals surface area contributed by atoms with Crippen LogP contribution in [0.15, 0.2) is 57.2 Å². The second-order valence-corrected chi connectivity index (χ2v) is 9.04. The zero-order chi connectivity index (χ0) is 22.5. The Hall–Kier alpha value is -3.04. The number of benzene rings is 2. The van der Waals surface area contributed by atoms with Crippen molar-refractivity contribution in [2.75, 3.05) is 0 Å². The van der Waals surface area contributed by atoms with Crippen LogP contribution in [-0.2, 0) is 5.54 Å². The SMILES string of the molecule is CC1=CC(C)(C)n2c(O)c(N=NC(N)=S)c3cc(OC(=O)c4ccccc4Br)cc1c32. The summed E-state index contributed by atoms with van der Waals surface area (Å²) in [5, 5.41) is 19.2. The Balaban J connectivity index is 1.92. The fourth-order valence-corrected chi connectivity index (χ4v) is 4.43. The standard InChI is InChI=1S/C22H19BrN4O3S/c1-11-10-22(2,3)27-18-14(11)8-12(30-20(29)13-6-4-5-7-16(13)23)9-15(18)17(19(27)28)25-26-21(24)31/h4-10,28H,1-3H3,(H2,24,31). The summed E-state index contributed by atoms with van der Waals surface area (Å²) in [7, 11) is 0. The lowest BCUT2D eigenvalue weighted by Gasteiger charge is -2.31. The largest absolute Gasteiger partial charge is 0.493 e. The van der Waals surface area contributed by atoms with E-state index >= 15 is 0 Å². The number of hydrogen-bond donors (Lipinski definition) is 2. The molecule has 0 saturated carbocycles. The summed E-state index contributed by atoms with van der Waals surface area (Å²) in [5.74, 6) is -0.259. The second-order valence-electron chi connectivity index (χ2n) is 7.76. The molecule has 0 radical (unpaired) electrons. The lowest BCUT2D eigenvalue weighted by Crippen LogP contribution is -2.26. The molecule has 0 amide bonds. The minimum absolute atomic E-state index is 0.0701. The van der Waals surface area contributed by atoms with Crippen molar-refractivity contribution in [3.05, 3.63) is 58.1 Å². The van der Waals surface area contributed by atoms with Crippen molar-refractivity contribution in [2.24, 2.45) is 16.0 Å². The summed E-state index contributed by atoms with van der Waals surface area (Å²) in [4.78, 5) is 12.7. The van der Waals surface area contributed by atoms with Gasteiger partial charge in [0.1, 0.15) is 5.75 Å². The highest BCUT2D eigenvalue weighted by Crippen LogP contribution is 2.49. The molecule has 2 aromatic carbocycles. The van der Waals surface area contributed by atoms with E-state index in [1.165, 1.54) is 0 Å². The lowest BCUT2D eigenvalue weighted by molar-refractivity contribution is 0.0734. The number of nitrogens with zero attached hydrogens (tertiary/aromatic N) is 3. The quantitative estimate of drug-likeness (QED) is 0.205. The Labute approximate surface area is 192 Å². The number of azo groups is 1. The van der Waals surface area contributed by atoms with Crippen LogP contribution in [0.5, 0.6) is 11.6 Å². The average Bonchev–Trinajstić information content (AvgIpc) is 2.97. The van der Waals surface area contributed by atoms with Crippen LogP contribution in [0.1, 0.15) is 36.7 Å². The number of carbonyl (C=O) groups excluding carboxylic acids is 1. The molecule has 3 N–H and O–H groups in total. The molecule has 1 aliphatic rings. The second kappa shape index (κ2) is 7.58. The van der Waals surface area contributed by atoms with Gasteiger partial charge >= 0.3 is 5.97 Å². The molecule has 4 rings (SSSR count). The van der Waals surface area contributed by atoms with Crippen LogP contribution in [0.4, 0.5) is 5.69 Å². The molecule has 2 heterocycles. The summed E-state index contributed by atoms with van der Waals surface area (Å²) in [6, 6.07) is 10.5. The Morgan fingerprint density at radius 1 is 1.29 bits per heavy atom. The molecule has 1 aliphatic heterocycles. The predicted octanol–water partition coefficient (Wildman–Crippen LogP) is 5.81. The summed E-state index contributed by atoms with van der Waals surface area (Å²) in [6.45, 7) is 5.93. The fourth-order valence-electron chi connectivity index (χ4n) is 3.94. The van der Waals surface area contributed by atoms with Crippen LogP contribution in [0, 0.1) is 0 Å². The van der Waals surface area contributed by atoms with Crippen LogP contribution in [-0.4, -0.2) is 20.8 Å². The van der Waals surface area contributed by atoms with Crippen molar-refractivity contribution < 1.29 is 14.6 Å². The average molecular weight is 499 g/mol. The van der Waals surface area contributed by atoms with Gasteiger partial charge in [0.15, 0.2) is 5.69 Å². The number of esters is 1. The third-order valence-electron chi connectivity index (χ3n) is 5.11. The van der Waals surface area contributed by atoms with E-state index in [9.17, 15) is 9.90 Å². The highest BCUT2D eigenvalue weighted by atomic mass is 79.9. The van der Waals surface area contributed by atoms with Gasteiger partial charge in [-0.3, -0.25) is 0 Å². The minimum atomic E-state index is -0.510. The van der Waals surface area contributed by atoms with Gasteiger partial charge in [0.25, 0.3) is 0 Å². The monoisotopic (exact) mass is 498 g/mol. The van der Waals surface area contributed by atoms with E-state index < -0.39 is 11.5 Å². The van der Waals surface area contributed by atoms with Crippen molar-refractivity contribution in [3.8, 4) is 11.6 Å². The van der Waals surface area contributed by atoms with Gasteiger partial charge in [-0.25, -0.2) is 4.79 Å². The number of hydrogen-bond acceptors (Lipinski definition) is 5. The van der Waals surface area contributed by atoms with Crippen molar-refractivity contribution >= 4 is 61.4 Å². The zero-order valence-electron chi connectivity index (χ0n) is 17.0. The van der Waals surface area contributed by atoms with Crippen LogP contribution in [0.25, 0.3) is 16.5 Å². The normalized spacial score (nSPS) is 14.6. The van der Waals surface area contributed by atoms with Gasteiger partial charge in [0.05, 0.1) is 16.6 Å². The topological polar surface area (TPSA) is 102 Å². The number of ether oxygens (including phenoxy) is 1. The van der Waals surface area contributed by atoms with E-state index in [2.05, 4.69) is 26.2 Å². The third-order valence-corrected chi connectivity index (χ3v) is 5.88. The highest BCUT2D eigenvalue weighted by molar-refractivity contribution is 9.10. The van der Waals surface area contributed by atoms with Crippen LogP contribution >= 0.6 is 28.1 Å². The first-order valence-electron chi connectivity index (χ1n) is 9.40. The first-order chi connectivity index (χ1) is 14.6. The van der Waals surface area contributed by atoms with Gasteiger partial charge in [0.2, 0.25) is 11.0 Å². The molecule has 158 valence electrons. The number of thiocarbonyl (C=S) groups is 1. The van der Waals surface area contributed by atoms with Gasteiger partial charge in [-0.2, -0.15) is 0 Å². The van der Waals surface area contributed by atoms with Gasteiger partial charge < -0.3 is 20.1 Å². The van der Waals surface area contributed by atoms with Gasteiger partial charge in [0, 0.05) is 15.4 Å². The number of aromatic hydroxyl groups is 1. The van der Waals surface area contributed by atoms with Gasteiger partial charge in [-0.15, -0.1) is 10.2 Å². The molecule has 0 unspecified atom stereocenters. The first-order valence-corrected chi connectivity index (χ1v) is 10.6. The molecule has 0 aliphatic carbocycles. The smallest absolute Gasteiger partial charge is 0.344 e. The van der Waals surface area contributed by atoms with E-state index in [1.807, 2.05) is 32.9 Å². The molecule has 0 saturated heterocycles. The lowest BCUT2D eigenvalue weighted by atomic mass is 9.92. The molecule has 0 bridgehead atoms. The van der Waals surface area contributed by atoms with Gasteiger partial charge in [-0.05, 0) is 78.8 Å². The molecule has 0 atom stereocenters. The van der Waals surface area contributed by atoms with Crippen molar-refractivity contribution in [2.45, 2.75) is 26.3 Å². The number of aromatic nitrogens is 1. The summed E-state index contributed by atoms with van der Waals surface area (Å²) in [6.07, 6.45) is 2.03. The molecule has 0 fully saturated rings. The molecule has 7 nitrogen and oxygen atoms in total. The van der Waals surface area contributed by atoms with E-state index in [4.69, 9.17) is 22.7 Å². The molecule has 31 heavy (non-hydrogen) atoms. The van der Waals surface area contributed by atoms with E-state index in [1.54, 1.807) is 34.9 Å². The Bertz CT molecular complexity index is 1320. The van der Waals surface area contributed by atoms with Crippen molar-refractivity contribution in [1.82, 2.24) is 4.57 Å². The number of halogens is 1. The third kappa shape index (κ3) is 3.64. The van der Waals surface area contributed by atoms with Gasteiger partial charge in [-0.1, -0.05) is 18.2 Å². The number of allylic oxidation sites excluding steroid dienone is 2. The number of carbonyl (C=O) groups is 1. The summed E-state index contributed by atoms with van der Waals surface area (Å²) < 4.78 is 8.09. The van der Waals surface area contributed by atoms with Crippen LogP contribution < -0.4 is 10.5 Å². The molecular formula is C22H19BrN4O3S. The molecule has 0 spiro atoms. The first kappa shape index (κ1) is 21.2.